The van der Waals surface area contributed by atoms with E-state index in [-0.39, 0.29) is 6.03 Å². The molecule has 0 aliphatic carbocycles. The van der Waals surface area contributed by atoms with Crippen LogP contribution in [0.25, 0.3) is 0 Å². The summed E-state index contributed by atoms with van der Waals surface area (Å²) in [6.45, 7) is 1.54. The SMILES string of the molecule is O=C(O)C1CCCN(C(=O)NCCCc2nccs2)C1. The second-order valence-electron chi connectivity index (χ2n) is 4.88. The third kappa shape index (κ3) is 4.19. The van der Waals surface area contributed by atoms with Gasteiger partial charge in [-0.2, -0.15) is 0 Å². The molecule has 0 spiro atoms. The number of thiazole rings is 1. The number of carbonyl (C=O) groups excluding carboxylic acids is 1. The van der Waals surface area contributed by atoms with Crippen molar-refractivity contribution in [2.75, 3.05) is 19.6 Å². The van der Waals surface area contributed by atoms with Gasteiger partial charge in [0, 0.05) is 37.6 Å². The maximum atomic E-state index is 11.9. The Kier molecular flexibility index (Phi) is 5.34. The van der Waals surface area contributed by atoms with Crippen molar-refractivity contribution >= 4 is 23.3 Å². The molecule has 20 heavy (non-hydrogen) atoms. The van der Waals surface area contributed by atoms with Crippen molar-refractivity contribution in [3.8, 4) is 0 Å². The molecule has 6 nitrogen and oxygen atoms in total. The number of hydrogen-bond acceptors (Lipinski definition) is 4. The second-order valence-corrected chi connectivity index (χ2v) is 5.86. The first-order valence-corrected chi connectivity index (χ1v) is 7.68. The molecule has 1 unspecified atom stereocenters. The zero-order valence-corrected chi connectivity index (χ0v) is 12.1. The molecule has 1 aliphatic heterocycles. The summed E-state index contributed by atoms with van der Waals surface area (Å²) in [4.78, 5) is 28.7. The minimum absolute atomic E-state index is 0.157. The first kappa shape index (κ1) is 14.8. The molecule has 0 aromatic carbocycles. The zero-order chi connectivity index (χ0) is 14.4. The van der Waals surface area contributed by atoms with Gasteiger partial charge < -0.3 is 15.3 Å². The summed E-state index contributed by atoms with van der Waals surface area (Å²) in [7, 11) is 0. The minimum atomic E-state index is -0.814. The maximum absolute atomic E-state index is 11.9. The van der Waals surface area contributed by atoms with Crippen LogP contribution >= 0.6 is 11.3 Å². The van der Waals surface area contributed by atoms with Gasteiger partial charge in [-0.1, -0.05) is 0 Å². The van der Waals surface area contributed by atoms with Crippen molar-refractivity contribution in [1.82, 2.24) is 15.2 Å². The van der Waals surface area contributed by atoms with Crippen LogP contribution in [-0.2, 0) is 11.2 Å². The smallest absolute Gasteiger partial charge is 0.317 e. The van der Waals surface area contributed by atoms with Crippen molar-refractivity contribution < 1.29 is 14.7 Å². The Bertz CT molecular complexity index is 450. The van der Waals surface area contributed by atoms with Gasteiger partial charge in [-0.3, -0.25) is 4.79 Å². The normalized spacial score (nSPS) is 18.8. The minimum Gasteiger partial charge on any atom is -0.481 e. The molecule has 0 bridgehead atoms. The molecule has 1 fully saturated rings. The third-order valence-electron chi connectivity index (χ3n) is 3.38. The van der Waals surface area contributed by atoms with Crippen molar-refractivity contribution in [2.45, 2.75) is 25.7 Å². The molecule has 1 saturated heterocycles. The third-order valence-corrected chi connectivity index (χ3v) is 4.22. The quantitative estimate of drug-likeness (QED) is 0.808. The predicted octanol–water partition coefficient (Wildman–Crippen LogP) is 1.58. The van der Waals surface area contributed by atoms with Crippen molar-refractivity contribution in [3.05, 3.63) is 16.6 Å². The number of urea groups is 1. The van der Waals surface area contributed by atoms with Gasteiger partial charge in [-0.05, 0) is 19.3 Å². The molecule has 2 rings (SSSR count). The molecule has 1 aliphatic rings. The number of hydrogen-bond donors (Lipinski definition) is 2. The number of likely N-dealkylation sites (tertiary alicyclic amines) is 1. The second kappa shape index (κ2) is 7.23. The van der Waals surface area contributed by atoms with Gasteiger partial charge in [0.1, 0.15) is 0 Å². The Balaban J connectivity index is 1.67. The van der Waals surface area contributed by atoms with Crippen molar-refractivity contribution in [3.63, 3.8) is 0 Å². The van der Waals surface area contributed by atoms with E-state index in [1.54, 1.807) is 22.4 Å². The van der Waals surface area contributed by atoms with Gasteiger partial charge in [0.2, 0.25) is 0 Å². The molecular weight excluding hydrogens is 278 g/mol. The summed E-state index contributed by atoms with van der Waals surface area (Å²) in [5.74, 6) is -1.24. The Morgan fingerprint density at radius 1 is 1.55 bits per heavy atom. The van der Waals surface area contributed by atoms with Crippen LogP contribution in [0.1, 0.15) is 24.3 Å². The molecule has 7 heteroatoms. The number of aryl methyl sites for hydroxylation is 1. The Hall–Kier alpha value is -1.63. The van der Waals surface area contributed by atoms with E-state index in [1.807, 2.05) is 5.38 Å². The zero-order valence-electron chi connectivity index (χ0n) is 11.2. The fraction of sp³-hybridized carbons (Fsp3) is 0.615. The molecule has 110 valence electrons. The predicted molar refractivity (Wildman–Crippen MR) is 75.8 cm³/mol. The summed E-state index contributed by atoms with van der Waals surface area (Å²) in [5, 5.41) is 14.8. The summed E-state index contributed by atoms with van der Waals surface area (Å²) in [6.07, 6.45) is 4.89. The number of piperidine rings is 1. The summed E-state index contributed by atoms with van der Waals surface area (Å²) in [5.41, 5.74) is 0. The Morgan fingerprint density at radius 3 is 3.10 bits per heavy atom. The topological polar surface area (TPSA) is 82.5 Å². The van der Waals surface area contributed by atoms with Crippen LogP contribution in [0.3, 0.4) is 0 Å². The number of aromatic nitrogens is 1. The number of carboxylic acids is 1. The highest BCUT2D eigenvalue weighted by atomic mass is 32.1. The molecule has 0 radical (unpaired) electrons. The van der Waals surface area contributed by atoms with Crippen LogP contribution in [0.2, 0.25) is 0 Å². The van der Waals surface area contributed by atoms with Crippen LogP contribution in [0.15, 0.2) is 11.6 Å². The molecule has 2 N–H and O–H groups in total. The Morgan fingerprint density at radius 2 is 2.40 bits per heavy atom. The van der Waals surface area contributed by atoms with E-state index < -0.39 is 11.9 Å². The van der Waals surface area contributed by atoms with E-state index in [9.17, 15) is 9.59 Å². The van der Waals surface area contributed by atoms with Crippen LogP contribution in [0.5, 0.6) is 0 Å². The highest BCUT2D eigenvalue weighted by molar-refractivity contribution is 7.09. The fourth-order valence-corrected chi connectivity index (χ4v) is 2.95. The van der Waals surface area contributed by atoms with Gasteiger partial charge in [-0.25, -0.2) is 9.78 Å². The van der Waals surface area contributed by atoms with Crippen LogP contribution < -0.4 is 5.32 Å². The fourth-order valence-electron chi connectivity index (χ4n) is 2.29. The lowest BCUT2D eigenvalue weighted by Gasteiger charge is -2.30. The van der Waals surface area contributed by atoms with E-state index >= 15 is 0 Å². The van der Waals surface area contributed by atoms with E-state index in [4.69, 9.17) is 5.11 Å². The first-order chi connectivity index (χ1) is 9.66. The van der Waals surface area contributed by atoms with Crippen molar-refractivity contribution in [1.29, 1.82) is 0 Å². The largest absolute Gasteiger partial charge is 0.481 e. The molecular formula is C13H19N3O3S. The lowest BCUT2D eigenvalue weighted by Crippen LogP contribution is -2.47. The lowest BCUT2D eigenvalue weighted by atomic mass is 9.99. The first-order valence-electron chi connectivity index (χ1n) is 6.81. The van der Waals surface area contributed by atoms with E-state index in [2.05, 4.69) is 10.3 Å². The number of carbonyl (C=O) groups is 2. The van der Waals surface area contributed by atoms with Crippen molar-refractivity contribution in [2.24, 2.45) is 5.92 Å². The summed E-state index contributed by atoms with van der Waals surface area (Å²) in [6, 6.07) is -0.157. The monoisotopic (exact) mass is 297 g/mol. The standard InChI is InChI=1S/C13H19N3O3S/c17-12(18)10-3-2-7-16(9-10)13(19)15-5-1-4-11-14-6-8-20-11/h6,8,10H,1-5,7,9H2,(H,15,19)(H,17,18). The van der Waals surface area contributed by atoms with E-state index in [0.717, 1.165) is 24.3 Å². The number of carboxylic acid groups (broad SMARTS) is 1. The Labute approximate surface area is 121 Å². The number of aliphatic carboxylic acids is 1. The average Bonchev–Trinajstić information content (AvgIpc) is 2.96. The van der Waals surface area contributed by atoms with E-state index in [0.29, 0.717) is 26.1 Å². The van der Waals surface area contributed by atoms with Gasteiger partial charge in [-0.15, -0.1) is 11.3 Å². The van der Waals surface area contributed by atoms with Crippen LogP contribution in [-0.4, -0.2) is 46.6 Å². The van der Waals surface area contributed by atoms with Crippen LogP contribution in [0, 0.1) is 5.92 Å². The molecule has 0 saturated carbocycles. The average molecular weight is 297 g/mol. The van der Waals surface area contributed by atoms with Crippen LogP contribution in [0.4, 0.5) is 4.79 Å². The highest BCUT2D eigenvalue weighted by Gasteiger charge is 2.27. The van der Waals surface area contributed by atoms with Gasteiger partial charge in [0.05, 0.1) is 10.9 Å². The van der Waals surface area contributed by atoms with Gasteiger partial charge >= 0.3 is 12.0 Å². The molecule has 1 aromatic rings. The molecule has 2 heterocycles. The number of nitrogens with one attached hydrogen (secondary N) is 1. The van der Waals surface area contributed by atoms with Gasteiger partial charge in [0.15, 0.2) is 0 Å². The lowest BCUT2D eigenvalue weighted by molar-refractivity contribution is -0.143. The van der Waals surface area contributed by atoms with E-state index in [1.165, 1.54) is 0 Å². The van der Waals surface area contributed by atoms with Gasteiger partial charge in [0.25, 0.3) is 0 Å². The number of rotatable bonds is 5. The number of amides is 2. The summed E-state index contributed by atoms with van der Waals surface area (Å²) < 4.78 is 0. The molecule has 1 aromatic heterocycles. The highest BCUT2D eigenvalue weighted by Crippen LogP contribution is 2.16. The molecule has 2 amide bonds. The maximum Gasteiger partial charge on any atom is 0.317 e. The molecule has 1 atom stereocenters. The summed E-state index contributed by atoms with van der Waals surface area (Å²) >= 11 is 1.61. The number of nitrogens with zero attached hydrogens (tertiary/aromatic N) is 2.